The van der Waals surface area contributed by atoms with E-state index in [1.54, 1.807) is 0 Å². The molecule has 1 aromatic rings. The zero-order valence-corrected chi connectivity index (χ0v) is 13.0. The molecular weight excluding hydrogens is 260 g/mol. The van der Waals surface area contributed by atoms with Gasteiger partial charge in [0.2, 0.25) is 0 Å². The van der Waals surface area contributed by atoms with Crippen molar-refractivity contribution in [2.75, 3.05) is 13.1 Å². The van der Waals surface area contributed by atoms with Crippen molar-refractivity contribution in [1.29, 1.82) is 5.26 Å². The molecule has 0 saturated carbocycles. The maximum atomic E-state index is 9.84. The summed E-state index contributed by atoms with van der Waals surface area (Å²) in [6.07, 6.45) is 3.82. The summed E-state index contributed by atoms with van der Waals surface area (Å²) in [5, 5.41) is 18.6. The normalized spacial score (nSPS) is 31.5. The highest BCUT2D eigenvalue weighted by Gasteiger charge is 2.48. The first-order chi connectivity index (χ1) is 10.1. The molecule has 3 rings (SSSR count). The number of fused-ring (bicyclic) bond motifs is 4. The van der Waals surface area contributed by atoms with Crippen molar-refractivity contribution in [3.63, 3.8) is 0 Å². The van der Waals surface area contributed by atoms with Crippen LogP contribution in [0.4, 0.5) is 0 Å². The number of hydrogen-bond donors (Lipinski definition) is 1. The van der Waals surface area contributed by atoms with Gasteiger partial charge in [0.05, 0.1) is 6.07 Å². The Morgan fingerprint density at radius 1 is 1.48 bits per heavy atom. The smallest absolute Gasteiger partial charge is 0.115 e. The number of rotatable bonds is 3. The number of nitrogens with zero attached hydrogens (tertiary/aromatic N) is 2. The van der Waals surface area contributed by atoms with E-state index in [2.05, 4.69) is 30.9 Å². The molecule has 1 aliphatic heterocycles. The number of phenols is 1. The second-order valence-electron chi connectivity index (χ2n) is 6.87. The summed E-state index contributed by atoms with van der Waals surface area (Å²) in [4.78, 5) is 2.58. The zero-order chi connectivity index (χ0) is 15.0. The average molecular weight is 284 g/mol. The second-order valence-corrected chi connectivity index (χ2v) is 6.87. The predicted octanol–water partition coefficient (Wildman–Crippen LogP) is 3.22. The molecule has 1 aliphatic carbocycles. The van der Waals surface area contributed by atoms with E-state index < -0.39 is 0 Å². The van der Waals surface area contributed by atoms with Gasteiger partial charge in [0.25, 0.3) is 0 Å². The van der Waals surface area contributed by atoms with Crippen LogP contribution in [-0.2, 0) is 11.8 Å². The fourth-order valence-corrected chi connectivity index (χ4v) is 4.33. The molecular formula is C18H24N2O. The van der Waals surface area contributed by atoms with Gasteiger partial charge in [-0.2, -0.15) is 5.26 Å². The Morgan fingerprint density at radius 2 is 2.29 bits per heavy atom. The highest BCUT2D eigenvalue weighted by atomic mass is 16.3. The van der Waals surface area contributed by atoms with Crippen LogP contribution in [0.2, 0.25) is 0 Å². The summed E-state index contributed by atoms with van der Waals surface area (Å²) in [5.74, 6) is 0.972. The Bertz CT molecular complexity index is 577. The van der Waals surface area contributed by atoms with Crippen molar-refractivity contribution in [1.82, 2.24) is 4.90 Å². The third-order valence-corrected chi connectivity index (χ3v) is 5.84. The Hall–Kier alpha value is -1.53. The number of benzene rings is 1. The molecule has 3 nitrogen and oxygen atoms in total. The van der Waals surface area contributed by atoms with Gasteiger partial charge in [-0.3, -0.25) is 4.90 Å². The minimum Gasteiger partial charge on any atom is -0.508 e. The molecule has 0 amide bonds. The number of nitriles is 1. The van der Waals surface area contributed by atoms with Gasteiger partial charge in [-0.15, -0.1) is 0 Å². The Labute approximate surface area is 127 Å². The van der Waals surface area contributed by atoms with Gasteiger partial charge in [-0.1, -0.05) is 19.9 Å². The molecule has 3 heteroatoms. The highest BCUT2D eigenvalue weighted by Crippen LogP contribution is 2.49. The van der Waals surface area contributed by atoms with Crippen LogP contribution in [0.3, 0.4) is 0 Å². The number of hydrogen-bond acceptors (Lipinski definition) is 3. The van der Waals surface area contributed by atoms with E-state index in [-0.39, 0.29) is 5.41 Å². The summed E-state index contributed by atoms with van der Waals surface area (Å²) in [6.45, 7) is 6.85. The Morgan fingerprint density at radius 3 is 3.05 bits per heavy atom. The van der Waals surface area contributed by atoms with Crippen LogP contribution in [0.25, 0.3) is 0 Å². The first kappa shape index (κ1) is 14.4. The first-order valence-electron chi connectivity index (χ1n) is 7.99. The summed E-state index contributed by atoms with van der Waals surface area (Å²) in [6, 6.07) is 8.71. The molecule has 1 N–H and O–H groups in total. The fourth-order valence-electron chi connectivity index (χ4n) is 4.33. The minimum absolute atomic E-state index is 0.169. The highest BCUT2D eigenvalue weighted by molar-refractivity contribution is 5.44. The number of phenolic OH excluding ortho intramolecular Hbond substituents is 1. The van der Waals surface area contributed by atoms with Gasteiger partial charge in [0.15, 0.2) is 0 Å². The van der Waals surface area contributed by atoms with Gasteiger partial charge in [-0.05, 0) is 66.9 Å². The second kappa shape index (κ2) is 5.35. The molecule has 1 saturated heterocycles. The van der Waals surface area contributed by atoms with Crippen LogP contribution >= 0.6 is 0 Å². The minimum atomic E-state index is 0.169. The number of unbranched alkanes of at least 4 members (excludes halogenated alkanes) is 1. The summed E-state index contributed by atoms with van der Waals surface area (Å²) in [7, 11) is 0. The lowest BCUT2D eigenvalue weighted by Gasteiger charge is -2.54. The molecule has 1 heterocycles. The molecule has 0 radical (unpaired) electrons. The average Bonchev–Trinajstić information content (AvgIpc) is 2.46. The molecule has 2 bridgehead atoms. The van der Waals surface area contributed by atoms with Crippen molar-refractivity contribution < 1.29 is 5.11 Å². The van der Waals surface area contributed by atoms with Gasteiger partial charge >= 0.3 is 0 Å². The number of aromatic hydroxyl groups is 1. The number of likely N-dealkylation sites (tertiary alicyclic amines) is 1. The predicted molar refractivity (Wildman–Crippen MR) is 83.2 cm³/mol. The van der Waals surface area contributed by atoms with Crippen LogP contribution in [-0.4, -0.2) is 29.1 Å². The van der Waals surface area contributed by atoms with Gasteiger partial charge in [0, 0.05) is 12.5 Å². The maximum Gasteiger partial charge on any atom is 0.115 e. The van der Waals surface area contributed by atoms with E-state index in [0.717, 1.165) is 32.4 Å². The molecule has 0 aromatic heterocycles. The van der Waals surface area contributed by atoms with Crippen LogP contribution in [0.1, 0.15) is 44.2 Å². The van der Waals surface area contributed by atoms with Crippen LogP contribution in [0, 0.1) is 17.2 Å². The quantitative estimate of drug-likeness (QED) is 0.867. The SMILES string of the molecule is C[C@H]1[C@H]2Cc3ccc(O)cc3[C@]1(C)CCN2CCCC#N. The van der Waals surface area contributed by atoms with E-state index >= 15 is 0 Å². The monoisotopic (exact) mass is 284 g/mol. The van der Waals surface area contributed by atoms with Gasteiger partial charge < -0.3 is 5.11 Å². The van der Waals surface area contributed by atoms with Crippen LogP contribution in [0.5, 0.6) is 5.75 Å². The third kappa shape index (κ3) is 2.32. The molecule has 1 aromatic carbocycles. The Balaban J connectivity index is 1.89. The number of piperidine rings is 1. The lowest BCUT2D eigenvalue weighted by Crippen LogP contribution is -2.58. The topological polar surface area (TPSA) is 47.3 Å². The summed E-state index contributed by atoms with van der Waals surface area (Å²) < 4.78 is 0. The first-order valence-corrected chi connectivity index (χ1v) is 7.99. The van der Waals surface area contributed by atoms with Gasteiger partial charge in [0.1, 0.15) is 5.75 Å². The van der Waals surface area contributed by atoms with Crippen molar-refractivity contribution in [3.8, 4) is 11.8 Å². The molecule has 112 valence electrons. The Kier molecular flexibility index (Phi) is 3.67. The molecule has 1 fully saturated rings. The van der Waals surface area contributed by atoms with Crippen LogP contribution < -0.4 is 0 Å². The fraction of sp³-hybridized carbons (Fsp3) is 0.611. The van der Waals surface area contributed by atoms with Crippen molar-refractivity contribution in [3.05, 3.63) is 29.3 Å². The van der Waals surface area contributed by atoms with Crippen molar-refractivity contribution in [2.45, 2.75) is 51.0 Å². The molecule has 3 atom stereocenters. The lowest BCUT2D eigenvalue weighted by molar-refractivity contribution is 0.0309. The van der Waals surface area contributed by atoms with Crippen molar-refractivity contribution in [2.24, 2.45) is 5.92 Å². The van der Waals surface area contributed by atoms with E-state index in [1.165, 1.54) is 11.1 Å². The van der Waals surface area contributed by atoms with E-state index in [9.17, 15) is 5.11 Å². The molecule has 0 spiro atoms. The lowest BCUT2D eigenvalue weighted by atomic mass is 9.59. The molecule has 21 heavy (non-hydrogen) atoms. The zero-order valence-electron chi connectivity index (χ0n) is 13.0. The van der Waals surface area contributed by atoms with Crippen molar-refractivity contribution >= 4 is 0 Å². The van der Waals surface area contributed by atoms with E-state index in [4.69, 9.17) is 5.26 Å². The molecule has 2 aliphatic rings. The maximum absolute atomic E-state index is 9.84. The van der Waals surface area contributed by atoms with E-state index in [0.29, 0.717) is 24.1 Å². The summed E-state index contributed by atoms with van der Waals surface area (Å²) >= 11 is 0. The standard InChI is InChI=1S/C18H24N2O/c1-13-17-11-14-5-6-15(21)12-16(14)18(13,2)7-10-20(17)9-4-3-8-19/h5-6,12-13,17,21H,3-4,7,9-11H2,1-2H3/t13-,17+,18+/m0/s1. The van der Waals surface area contributed by atoms with Gasteiger partial charge in [-0.25, -0.2) is 0 Å². The largest absolute Gasteiger partial charge is 0.508 e. The molecule has 0 unspecified atom stereocenters. The van der Waals surface area contributed by atoms with E-state index in [1.807, 2.05) is 12.1 Å². The third-order valence-electron chi connectivity index (χ3n) is 5.84. The van der Waals surface area contributed by atoms with Crippen LogP contribution in [0.15, 0.2) is 18.2 Å². The summed E-state index contributed by atoms with van der Waals surface area (Å²) in [5.41, 5.74) is 2.91.